The van der Waals surface area contributed by atoms with Crippen LogP contribution in [-0.2, 0) is 6.54 Å². The molecule has 0 atom stereocenters. The molecule has 9 nitrogen and oxygen atoms in total. The summed E-state index contributed by atoms with van der Waals surface area (Å²) in [4.78, 5) is 14.3. The number of hydrogen-bond donors (Lipinski definition) is 3. The maximum absolute atomic E-state index is 12.6. The van der Waals surface area contributed by atoms with E-state index in [1.807, 2.05) is 0 Å². The molecule has 0 aliphatic carbocycles. The van der Waals surface area contributed by atoms with Crippen molar-refractivity contribution < 1.29 is 23.2 Å². The highest BCUT2D eigenvalue weighted by Gasteiger charge is 2.11. The van der Waals surface area contributed by atoms with Crippen molar-refractivity contribution in [3.63, 3.8) is 0 Å². The highest BCUT2D eigenvalue weighted by Crippen LogP contribution is 2.25. The SMILES string of the molecule is CN=C(NCCNc1ccc([N+](=O)[O-])cc1)NCc1cc(OC)ccc1OC(F)F. The molecule has 11 heteroatoms. The number of nitrogens with one attached hydrogen (secondary N) is 3. The molecule has 0 fully saturated rings. The number of rotatable bonds is 10. The quantitative estimate of drug-likeness (QED) is 0.177. The lowest BCUT2D eigenvalue weighted by Crippen LogP contribution is -2.39. The summed E-state index contributed by atoms with van der Waals surface area (Å²) in [5.74, 6) is 1.03. The van der Waals surface area contributed by atoms with E-state index in [-0.39, 0.29) is 18.0 Å². The molecule has 162 valence electrons. The predicted octanol–water partition coefficient (Wildman–Crippen LogP) is 2.98. The molecule has 0 unspecified atom stereocenters. The number of nitro groups is 1. The van der Waals surface area contributed by atoms with Crippen molar-refractivity contribution in [3.8, 4) is 11.5 Å². The Labute approximate surface area is 172 Å². The number of nitrogens with zero attached hydrogens (tertiary/aromatic N) is 2. The number of benzene rings is 2. The average Bonchev–Trinajstić information content (AvgIpc) is 2.74. The van der Waals surface area contributed by atoms with E-state index < -0.39 is 11.5 Å². The first-order chi connectivity index (χ1) is 14.4. The number of non-ortho nitro benzene ring substituents is 1. The number of alkyl halides is 2. The smallest absolute Gasteiger partial charge is 0.387 e. The lowest BCUT2D eigenvalue weighted by Gasteiger charge is -2.15. The van der Waals surface area contributed by atoms with Crippen LogP contribution in [0.4, 0.5) is 20.2 Å². The molecule has 0 spiro atoms. The number of nitro benzene ring substituents is 1. The van der Waals surface area contributed by atoms with Gasteiger partial charge in [0.2, 0.25) is 0 Å². The maximum atomic E-state index is 12.6. The summed E-state index contributed by atoms with van der Waals surface area (Å²) in [5.41, 5.74) is 1.26. The maximum Gasteiger partial charge on any atom is 0.387 e. The van der Waals surface area contributed by atoms with Crippen molar-refractivity contribution in [2.45, 2.75) is 13.2 Å². The number of ether oxygens (including phenoxy) is 2. The van der Waals surface area contributed by atoms with Gasteiger partial charge in [0.15, 0.2) is 5.96 Å². The van der Waals surface area contributed by atoms with Gasteiger partial charge in [0.25, 0.3) is 5.69 Å². The Morgan fingerprint density at radius 1 is 1.17 bits per heavy atom. The third-order valence-electron chi connectivity index (χ3n) is 3.98. The first-order valence-electron chi connectivity index (χ1n) is 8.97. The Morgan fingerprint density at radius 2 is 1.90 bits per heavy atom. The van der Waals surface area contributed by atoms with E-state index in [1.165, 1.54) is 31.4 Å². The van der Waals surface area contributed by atoms with E-state index >= 15 is 0 Å². The van der Waals surface area contributed by atoms with Crippen LogP contribution in [0.15, 0.2) is 47.5 Å². The van der Waals surface area contributed by atoms with Crippen LogP contribution in [0.25, 0.3) is 0 Å². The number of halogens is 2. The van der Waals surface area contributed by atoms with Gasteiger partial charge >= 0.3 is 6.61 Å². The van der Waals surface area contributed by atoms with Crippen LogP contribution in [0.5, 0.6) is 11.5 Å². The molecule has 0 heterocycles. The summed E-state index contributed by atoms with van der Waals surface area (Å²) in [6.45, 7) is -1.72. The second-order valence-corrected chi connectivity index (χ2v) is 5.94. The van der Waals surface area contributed by atoms with Gasteiger partial charge in [0.1, 0.15) is 11.5 Å². The van der Waals surface area contributed by atoms with Crippen LogP contribution < -0.4 is 25.4 Å². The van der Waals surface area contributed by atoms with Gasteiger partial charge in [-0.3, -0.25) is 15.1 Å². The number of guanidine groups is 1. The van der Waals surface area contributed by atoms with Gasteiger partial charge in [-0.25, -0.2) is 0 Å². The summed E-state index contributed by atoms with van der Waals surface area (Å²) < 4.78 is 34.9. The summed E-state index contributed by atoms with van der Waals surface area (Å²) in [5, 5.41) is 19.9. The molecule has 2 aromatic rings. The minimum Gasteiger partial charge on any atom is -0.497 e. The minimum atomic E-state index is -2.93. The van der Waals surface area contributed by atoms with E-state index in [4.69, 9.17) is 4.74 Å². The van der Waals surface area contributed by atoms with Gasteiger partial charge in [-0.2, -0.15) is 8.78 Å². The van der Waals surface area contributed by atoms with E-state index in [1.54, 1.807) is 25.2 Å². The predicted molar refractivity (Wildman–Crippen MR) is 109 cm³/mol. The van der Waals surface area contributed by atoms with Crippen LogP contribution in [0.3, 0.4) is 0 Å². The monoisotopic (exact) mass is 423 g/mol. The molecule has 0 saturated heterocycles. The van der Waals surface area contributed by atoms with E-state index in [0.29, 0.717) is 30.4 Å². The zero-order chi connectivity index (χ0) is 21.9. The second-order valence-electron chi connectivity index (χ2n) is 5.94. The van der Waals surface area contributed by atoms with E-state index in [0.717, 1.165) is 5.69 Å². The van der Waals surface area contributed by atoms with E-state index in [2.05, 4.69) is 25.7 Å². The lowest BCUT2D eigenvalue weighted by molar-refractivity contribution is -0.384. The zero-order valence-electron chi connectivity index (χ0n) is 16.5. The fourth-order valence-corrected chi connectivity index (χ4v) is 2.52. The highest BCUT2D eigenvalue weighted by atomic mass is 19.3. The molecule has 30 heavy (non-hydrogen) atoms. The normalized spacial score (nSPS) is 11.2. The van der Waals surface area contributed by atoms with Crippen molar-refractivity contribution in [2.24, 2.45) is 4.99 Å². The van der Waals surface area contributed by atoms with Crippen LogP contribution in [0.1, 0.15) is 5.56 Å². The molecule has 0 aromatic heterocycles. The van der Waals surface area contributed by atoms with Gasteiger partial charge in [-0.15, -0.1) is 0 Å². The molecule has 3 N–H and O–H groups in total. The second kappa shape index (κ2) is 11.4. The molecular formula is C19H23F2N5O4. The van der Waals surface area contributed by atoms with Crippen LogP contribution in [-0.4, -0.2) is 44.7 Å². The topological polar surface area (TPSA) is 110 Å². The van der Waals surface area contributed by atoms with Gasteiger partial charge < -0.3 is 25.4 Å². The van der Waals surface area contributed by atoms with Gasteiger partial charge in [-0.1, -0.05) is 0 Å². The summed E-state index contributed by atoms with van der Waals surface area (Å²) in [6.07, 6.45) is 0. The molecule has 2 aromatic carbocycles. The van der Waals surface area contributed by atoms with Crippen LogP contribution >= 0.6 is 0 Å². The van der Waals surface area contributed by atoms with Crippen molar-refractivity contribution in [3.05, 3.63) is 58.1 Å². The van der Waals surface area contributed by atoms with Gasteiger partial charge in [-0.05, 0) is 30.3 Å². The third-order valence-corrected chi connectivity index (χ3v) is 3.98. The first kappa shape index (κ1) is 22.7. The average molecular weight is 423 g/mol. The standard InChI is InChI=1S/C19H23F2N5O4/c1-22-19(24-10-9-23-14-3-5-15(6-4-14)26(27)28)25-12-13-11-16(29-2)7-8-17(13)30-18(20)21/h3-8,11,18,23H,9-10,12H2,1-2H3,(H2,22,24,25). The Balaban J connectivity index is 1.84. The van der Waals surface area contributed by atoms with Crippen LogP contribution in [0.2, 0.25) is 0 Å². The Hall–Kier alpha value is -3.63. The van der Waals surface area contributed by atoms with Crippen molar-refractivity contribution in [1.29, 1.82) is 0 Å². The Morgan fingerprint density at radius 3 is 2.50 bits per heavy atom. The van der Waals surface area contributed by atoms with Crippen molar-refractivity contribution >= 4 is 17.3 Å². The lowest BCUT2D eigenvalue weighted by atomic mass is 10.2. The fraction of sp³-hybridized carbons (Fsp3) is 0.316. The van der Waals surface area contributed by atoms with Gasteiger partial charge in [0, 0.05) is 50.1 Å². The van der Waals surface area contributed by atoms with E-state index in [9.17, 15) is 18.9 Å². The third kappa shape index (κ3) is 7.08. The fourth-order valence-electron chi connectivity index (χ4n) is 2.52. The summed E-state index contributed by atoms with van der Waals surface area (Å²) >= 11 is 0. The number of aliphatic imine (C=N–C) groups is 1. The zero-order valence-corrected chi connectivity index (χ0v) is 16.5. The molecule has 0 amide bonds. The number of methoxy groups -OCH3 is 1. The molecular weight excluding hydrogens is 400 g/mol. The van der Waals surface area contributed by atoms with Crippen LogP contribution in [0, 0.1) is 10.1 Å². The van der Waals surface area contributed by atoms with Crippen molar-refractivity contribution in [1.82, 2.24) is 10.6 Å². The highest BCUT2D eigenvalue weighted by molar-refractivity contribution is 5.79. The molecule has 0 aliphatic heterocycles. The van der Waals surface area contributed by atoms with Crippen molar-refractivity contribution in [2.75, 3.05) is 32.6 Å². The minimum absolute atomic E-state index is 0.0241. The molecule has 2 rings (SSSR count). The molecule has 0 saturated carbocycles. The molecule has 0 bridgehead atoms. The molecule has 0 radical (unpaired) electrons. The van der Waals surface area contributed by atoms with Gasteiger partial charge in [0.05, 0.1) is 12.0 Å². The number of hydrogen-bond acceptors (Lipinski definition) is 6. The Bertz CT molecular complexity index is 863. The summed E-state index contributed by atoms with van der Waals surface area (Å²) in [6, 6.07) is 10.7. The largest absolute Gasteiger partial charge is 0.497 e. The first-order valence-corrected chi connectivity index (χ1v) is 8.97. The molecule has 0 aliphatic rings. The Kier molecular flexibility index (Phi) is 8.60. The number of anilines is 1. The summed E-state index contributed by atoms with van der Waals surface area (Å²) in [7, 11) is 3.07.